The monoisotopic (exact) mass is 497 g/mol. The molecule has 12 heteroatoms. The van der Waals surface area contributed by atoms with Crippen LogP contribution < -0.4 is 9.61 Å². The number of hydrogen-bond donors (Lipinski definition) is 1. The van der Waals surface area contributed by atoms with Gasteiger partial charge in [0.05, 0.1) is 25.0 Å². The van der Waals surface area contributed by atoms with Crippen LogP contribution in [0.2, 0.25) is 0 Å². The van der Waals surface area contributed by atoms with Crippen LogP contribution in [0, 0.1) is 5.92 Å². The molecule has 10 nitrogen and oxygen atoms in total. The molecule has 2 heterocycles. The lowest BCUT2D eigenvalue weighted by Crippen LogP contribution is -2.46. The summed E-state index contributed by atoms with van der Waals surface area (Å²) in [5.74, 6) is -0.496. The average molecular weight is 497 g/mol. The summed E-state index contributed by atoms with van der Waals surface area (Å²) < 4.78 is 49.6. The Balaban J connectivity index is 1.68. The molecular formula is C22H29FN3O7P. The number of urea groups is 1. The molecule has 3 rings (SSSR count). The van der Waals surface area contributed by atoms with Crippen LogP contribution in [-0.4, -0.2) is 53.6 Å². The number of allylic oxidation sites excluding steroid dienone is 1. The Labute approximate surface area is 197 Å². The van der Waals surface area contributed by atoms with Gasteiger partial charge in [0.2, 0.25) is 0 Å². The van der Waals surface area contributed by atoms with Crippen molar-refractivity contribution < 1.29 is 37.2 Å². The predicted octanol–water partition coefficient (Wildman–Crippen LogP) is 4.13. The average Bonchev–Trinajstić information content (AvgIpc) is 3.17. The van der Waals surface area contributed by atoms with E-state index in [-0.39, 0.29) is 35.7 Å². The lowest BCUT2D eigenvalue weighted by atomic mass is 10.1. The third-order valence-corrected chi connectivity index (χ3v) is 6.83. The third-order valence-electron chi connectivity index (χ3n) is 5.19. The van der Waals surface area contributed by atoms with E-state index in [0.717, 1.165) is 4.90 Å². The standard InChI is InChI=1S/C22H29FN3O7P/c1-5-30-21(27)17(4)24-34(29,33-18-9-7-6-8-10-18)31-14-19-13-15(2)20(32-19)25-12-11-16(3)26(23)22(25)28/h6-12,15,17,19-20H,3,5,13-14H2,1-2,4H3,(H,24,29)/t15?,17?,19?,20?,34-/m0/s1. The van der Waals surface area contributed by atoms with Gasteiger partial charge in [-0.15, -0.1) is 5.12 Å². The minimum atomic E-state index is -4.03. The molecule has 4 unspecified atom stereocenters. The minimum absolute atomic E-state index is 0.0531. The maximum Gasteiger partial charge on any atom is 0.459 e. The number of amides is 2. The molecule has 0 bridgehead atoms. The van der Waals surface area contributed by atoms with E-state index in [0.29, 0.717) is 6.42 Å². The van der Waals surface area contributed by atoms with Gasteiger partial charge in [0.15, 0.2) is 0 Å². The summed E-state index contributed by atoms with van der Waals surface area (Å²) in [5.41, 5.74) is -0.0763. The highest BCUT2D eigenvalue weighted by molar-refractivity contribution is 7.52. The zero-order chi connectivity index (χ0) is 24.9. The quantitative estimate of drug-likeness (QED) is 0.292. The number of carbonyl (C=O) groups excluding carboxylic acids is 2. The molecule has 34 heavy (non-hydrogen) atoms. The fraction of sp³-hybridized carbons (Fsp3) is 0.455. The summed E-state index contributed by atoms with van der Waals surface area (Å²) in [6.45, 7) is 8.45. The fourth-order valence-corrected chi connectivity index (χ4v) is 5.05. The van der Waals surface area contributed by atoms with Crippen molar-refractivity contribution in [1.82, 2.24) is 15.1 Å². The van der Waals surface area contributed by atoms with Crippen molar-refractivity contribution in [3.63, 3.8) is 0 Å². The maximum absolute atomic E-state index is 14.0. The largest absolute Gasteiger partial charge is 0.465 e. The van der Waals surface area contributed by atoms with Crippen LogP contribution in [0.1, 0.15) is 27.2 Å². The first-order chi connectivity index (χ1) is 16.1. The number of esters is 1. The highest BCUT2D eigenvalue weighted by atomic mass is 31.2. The summed E-state index contributed by atoms with van der Waals surface area (Å²) in [6, 6.07) is 6.49. The first-order valence-electron chi connectivity index (χ1n) is 10.9. The van der Waals surface area contributed by atoms with Gasteiger partial charge in [-0.2, -0.15) is 5.09 Å². The van der Waals surface area contributed by atoms with Crippen LogP contribution in [0.3, 0.4) is 0 Å². The van der Waals surface area contributed by atoms with Gasteiger partial charge in [0, 0.05) is 12.1 Å². The molecule has 1 aromatic carbocycles. The second-order valence-electron chi connectivity index (χ2n) is 7.94. The zero-order valence-electron chi connectivity index (χ0n) is 19.3. The van der Waals surface area contributed by atoms with Crippen molar-refractivity contribution in [2.75, 3.05) is 13.2 Å². The van der Waals surface area contributed by atoms with Gasteiger partial charge in [-0.05, 0) is 38.5 Å². The molecule has 1 N–H and O–H groups in total. The highest BCUT2D eigenvalue weighted by Crippen LogP contribution is 2.46. The van der Waals surface area contributed by atoms with Crippen molar-refractivity contribution in [1.29, 1.82) is 0 Å². The molecule has 1 aromatic rings. The molecule has 2 aliphatic rings. The number of nitrogens with zero attached hydrogens (tertiary/aromatic N) is 2. The number of ether oxygens (including phenoxy) is 2. The molecular weight excluding hydrogens is 468 g/mol. The van der Waals surface area contributed by atoms with Crippen LogP contribution in [0.25, 0.3) is 0 Å². The van der Waals surface area contributed by atoms with E-state index in [1.54, 1.807) is 37.3 Å². The predicted molar refractivity (Wildman–Crippen MR) is 121 cm³/mol. The SMILES string of the molecule is C=C1C=CN(C2OC(CO[P@@](=O)(NC(C)C(=O)OCC)Oc3ccccc3)CC2C)C(=O)N1F. The molecule has 0 spiro atoms. The van der Waals surface area contributed by atoms with Crippen molar-refractivity contribution >= 4 is 19.7 Å². The molecule has 0 aromatic heterocycles. The summed E-state index contributed by atoms with van der Waals surface area (Å²) in [5, 5.41) is 2.54. The topological polar surface area (TPSA) is 107 Å². The third kappa shape index (κ3) is 6.24. The van der Waals surface area contributed by atoms with E-state index in [9.17, 15) is 18.6 Å². The van der Waals surface area contributed by atoms with Gasteiger partial charge in [0.25, 0.3) is 0 Å². The van der Waals surface area contributed by atoms with Crippen molar-refractivity contribution in [3.05, 3.63) is 54.9 Å². The van der Waals surface area contributed by atoms with E-state index in [4.69, 9.17) is 18.5 Å². The molecule has 0 aliphatic carbocycles. The Morgan fingerprint density at radius 3 is 2.76 bits per heavy atom. The molecule has 2 amide bonds. The Morgan fingerprint density at radius 2 is 2.09 bits per heavy atom. The molecule has 1 fully saturated rings. The lowest BCUT2D eigenvalue weighted by Gasteiger charge is -2.32. The lowest BCUT2D eigenvalue weighted by molar-refractivity contribution is -0.144. The molecule has 0 radical (unpaired) electrons. The van der Waals surface area contributed by atoms with Gasteiger partial charge >= 0.3 is 19.7 Å². The Bertz CT molecular complexity index is 977. The zero-order valence-corrected chi connectivity index (χ0v) is 20.2. The number of carbonyl (C=O) groups is 2. The minimum Gasteiger partial charge on any atom is -0.465 e. The molecule has 186 valence electrons. The van der Waals surface area contributed by atoms with E-state index in [1.165, 1.54) is 19.2 Å². The van der Waals surface area contributed by atoms with Crippen LogP contribution in [0.15, 0.2) is 54.9 Å². The summed E-state index contributed by atoms with van der Waals surface area (Å²) in [7, 11) is -4.03. The highest BCUT2D eigenvalue weighted by Gasteiger charge is 2.42. The van der Waals surface area contributed by atoms with Gasteiger partial charge < -0.3 is 14.0 Å². The summed E-state index contributed by atoms with van der Waals surface area (Å²) in [4.78, 5) is 25.5. The fourth-order valence-electron chi connectivity index (χ4n) is 3.53. The van der Waals surface area contributed by atoms with Crippen LogP contribution >= 0.6 is 7.75 Å². The number of halogens is 1. The Kier molecular flexibility index (Phi) is 8.48. The normalized spacial score (nSPS) is 25.2. The van der Waals surface area contributed by atoms with E-state index in [1.807, 2.05) is 6.92 Å². The van der Waals surface area contributed by atoms with Crippen molar-refractivity contribution in [3.8, 4) is 5.75 Å². The van der Waals surface area contributed by atoms with Crippen molar-refractivity contribution in [2.24, 2.45) is 5.92 Å². The number of para-hydroxylation sites is 1. The van der Waals surface area contributed by atoms with E-state index < -0.39 is 38.1 Å². The van der Waals surface area contributed by atoms with Crippen LogP contribution in [-0.2, 0) is 23.4 Å². The van der Waals surface area contributed by atoms with Gasteiger partial charge in [-0.1, -0.05) is 36.2 Å². The molecule has 0 saturated carbocycles. The van der Waals surface area contributed by atoms with Crippen molar-refractivity contribution in [2.45, 2.75) is 45.6 Å². The van der Waals surface area contributed by atoms with Gasteiger partial charge in [0.1, 0.15) is 18.0 Å². The van der Waals surface area contributed by atoms with E-state index in [2.05, 4.69) is 11.7 Å². The number of benzene rings is 1. The number of hydrogen-bond acceptors (Lipinski definition) is 7. The molecule has 1 saturated heterocycles. The van der Waals surface area contributed by atoms with Crippen LogP contribution in [0.5, 0.6) is 5.75 Å². The molecule has 5 atom stereocenters. The number of nitrogens with one attached hydrogen (secondary N) is 1. The smallest absolute Gasteiger partial charge is 0.459 e. The second-order valence-corrected chi connectivity index (χ2v) is 9.63. The van der Waals surface area contributed by atoms with Gasteiger partial charge in [-0.25, -0.2) is 9.36 Å². The Morgan fingerprint density at radius 1 is 1.38 bits per heavy atom. The second kappa shape index (κ2) is 11.1. The molecule has 2 aliphatic heterocycles. The van der Waals surface area contributed by atoms with Crippen LogP contribution in [0.4, 0.5) is 9.28 Å². The summed E-state index contributed by atoms with van der Waals surface area (Å²) >= 11 is 0. The first kappa shape index (κ1) is 25.9. The summed E-state index contributed by atoms with van der Waals surface area (Å²) in [6.07, 6.45) is 1.92. The Hall–Kier alpha value is -2.72. The van der Waals surface area contributed by atoms with E-state index >= 15 is 0 Å². The first-order valence-corrected chi connectivity index (χ1v) is 12.4. The van der Waals surface area contributed by atoms with Gasteiger partial charge in [-0.3, -0.25) is 14.2 Å². The number of rotatable bonds is 10. The maximum atomic E-state index is 14.0.